The van der Waals surface area contributed by atoms with Crippen LogP contribution < -0.4 is 5.32 Å². The van der Waals surface area contributed by atoms with Crippen molar-refractivity contribution < 1.29 is 4.74 Å². The van der Waals surface area contributed by atoms with Crippen LogP contribution in [0.3, 0.4) is 0 Å². The van der Waals surface area contributed by atoms with E-state index < -0.39 is 0 Å². The van der Waals surface area contributed by atoms with Crippen molar-refractivity contribution in [2.75, 3.05) is 11.9 Å². The van der Waals surface area contributed by atoms with E-state index in [-0.39, 0.29) is 0 Å². The van der Waals surface area contributed by atoms with Crippen molar-refractivity contribution in [2.24, 2.45) is 0 Å². The maximum absolute atomic E-state index is 6.00. The molecule has 18 heavy (non-hydrogen) atoms. The number of ether oxygens (including phenoxy) is 1. The minimum Gasteiger partial charge on any atom is -0.380 e. The summed E-state index contributed by atoms with van der Waals surface area (Å²) in [5.41, 5.74) is 1.07. The molecule has 0 bridgehead atoms. The minimum absolute atomic E-state index is 0.376. The molecular weight excluding hydrogens is 381 g/mol. The van der Waals surface area contributed by atoms with E-state index in [1.807, 2.05) is 12.1 Å². The van der Waals surface area contributed by atoms with Crippen LogP contribution in [0.15, 0.2) is 21.1 Å². The van der Waals surface area contributed by atoms with Gasteiger partial charge in [0, 0.05) is 26.6 Å². The molecule has 1 N–H and O–H groups in total. The molecule has 2 unspecified atom stereocenters. The lowest BCUT2D eigenvalue weighted by Gasteiger charge is -2.30. The predicted octanol–water partition coefficient (Wildman–Crippen LogP) is 5.23. The highest BCUT2D eigenvalue weighted by Gasteiger charge is 2.22. The second kappa shape index (κ2) is 6.60. The lowest BCUT2D eigenvalue weighted by Crippen LogP contribution is -2.33. The average molecular weight is 398 g/mol. The first-order chi connectivity index (χ1) is 8.60. The lowest BCUT2D eigenvalue weighted by molar-refractivity contribution is 0.00924. The van der Waals surface area contributed by atoms with E-state index in [1.165, 1.54) is 0 Å². The normalized spacial score (nSPS) is 24.0. The quantitative estimate of drug-likeness (QED) is 0.754. The summed E-state index contributed by atoms with van der Waals surface area (Å²) in [6.07, 6.45) is 3.54. The van der Waals surface area contributed by atoms with Gasteiger partial charge in [-0.1, -0.05) is 18.5 Å². The van der Waals surface area contributed by atoms with Crippen LogP contribution in [-0.4, -0.2) is 18.8 Å². The Labute approximate surface area is 130 Å². The van der Waals surface area contributed by atoms with Crippen LogP contribution >= 0.6 is 43.5 Å². The van der Waals surface area contributed by atoms with Gasteiger partial charge in [0.05, 0.1) is 11.8 Å². The molecule has 5 heteroatoms. The molecule has 1 aromatic carbocycles. The Kier molecular flexibility index (Phi) is 5.36. The van der Waals surface area contributed by atoms with E-state index in [1.54, 1.807) is 0 Å². The third-order valence-electron chi connectivity index (χ3n) is 3.18. The van der Waals surface area contributed by atoms with Gasteiger partial charge in [0.2, 0.25) is 0 Å². The van der Waals surface area contributed by atoms with Gasteiger partial charge in [-0.3, -0.25) is 0 Å². The first-order valence-electron chi connectivity index (χ1n) is 6.12. The number of halogens is 3. The molecule has 1 fully saturated rings. The molecule has 1 aromatic rings. The monoisotopic (exact) mass is 395 g/mol. The predicted molar refractivity (Wildman–Crippen MR) is 83.5 cm³/mol. The Morgan fingerprint density at radius 3 is 2.67 bits per heavy atom. The van der Waals surface area contributed by atoms with Crippen LogP contribution in [0.25, 0.3) is 0 Å². The standard InChI is InChI=1S/C13H16Br2ClNO/c1-2-10-7-9(3-4-18-10)17-13-11(14)5-8(16)6-12(13)15/h5-6,9-10,17H,2-4,7H2,1H3. The van der Waals surface area contributed by atoms with Gasteiger partial charge in [0.15, 0.2) is 0 Å². The fourth-order valence-corrected chi connectivity index (χ4v) is 4.08. The molecule has 1 saturated heterocycles. The lowest BCUT2D eigenvalue weighted by atomic mass is 10.0. The highest BCUT2D eigenvalue weighted by Crippen LogP contribution is 2.35. The summed E-state index contributed by atoms with van der Waals surface area (Å²) < 4.78 is 7.66. The second-order valence-corrected chi connectivity index (χ2v) is 6.66. The maximum atomic E-state index is 6.00. The molecule has 0 amide bonds. The molecule has 2 atom stereocenters. The zero-order valence-corrected chi connectivity index (χ0v) is 14.1. The van der Waals surface area contributed by atoms with Crippen molar-refractivity contribution in [3.8, 4) is 0 Å². The van der Waals surface area contributed by atoms with Crippen molar-refractivity contribution in [1.29, 1.82) is 0 Å². The van der Waals surface area contributed by atoms with Crippen LogP contribution in [-0.2, 0) is 4.74 Å². The summed E-state index contributed by atoms with van der Waals surface area (Å²) >= 11 is 13.1. The molecule has 0 radical (unpaired) electrons. The Morgan fingerprint density at radius 2 is 2.06 bits per heavy atom. The molecule has 100 valence electrons. The summed E-state index contributed by atoms with van der Waals surface area (Å²) in [5.74, 6) is 0. The molecule has 1 heterocycles. The number of benzene rings is 1. The molecule has 1 aliphatic rings. The molecule has 0 saturated carbocycles. The second-order valence-electron chi connectivity index (χ2n) is 4.51. The van der Waals surface area contributed by atoms with Gasteiger partial charge < -0.3 is 10.1 Å². The van der Waals surface area contributed by atoms with E-state index in [4.69, 9.17) is 16.3 Å². The molecule has 1 aliphatic heterocycles. The largest absolute Gasteiger partial charge is 0.380 e. The highest BCUT2D eigenvalue weighted by atomic mass is 79.9. The Hall–Kier alpha value is 0.230. The Bertz CT molecular complexity index is 404. The summed E-state index contributed by atoms with van der Waals surface area (Å²) in [4.78, 5) is 0. The van der Waals surface area contributed by atoms with Gasteiger partial charge in [0.1, 0.15) is 0 Å². The molecule has 0 aromatic heterocycles. The maximum Gasteiger partial charge on any atom is 0.0632 e. The summed E-state index contributed by atoms with van der Waals surface area (Å²) in [7, 11) is 0. The van der Waals surface area contributed by atoms with Gasteiger partial charge >= 0.3 is 0 Å². The summed E-state index contributed by atoms with van der Waals surface area (Å²) in [6, 6.07) is 4.27. The van der Waals surface area contributed by atoms with Crippen molar-refractivity contribution in [3.05, 3.63) is 26.1 Å². The molecule has 2 rings (SSSR count). The first kappa shape index (κ1) is 14.6. The van der Waals surface area contributed by atoms with Crippen molar-refractivity contribution in [1.82, 2.24) is 0 Å². The molecule has 2 nitrogen and oxygen atoms in total. The van der Waals surface area contributed by atoms with Crippen molar-refractivity contribution in [3.63, 3.8) is 0 Å². The van der Waals surface area contributed by atoms with E-state index in [0.29, 0.717) is 12.1 Å². The number of hydrogen-bond acceptors (Lipinski definition) is 2. The SMILES string of the molecule is CCC1CC(Nc2c(Br)cc(Cl)cc2Br)CCO1. The van der Waals surface area contributed by atoms with Crippen LogP contribution in [0, 0.1) is 0 Å². The van der Waals surface area contributed by atoms with Gasteiger partial charge in [-0.15, -0.1) is 0 Å². The number of anilines is 1. The highest BCUT2D eigenvalue weighted by molar-refractivity contribution is 9.11. The minimum atomic E-state index is 0.376. The van der Waals surface area contributed by atoms with Crippen LogP contribution in [0.2, 0.25) is 5.02 Å². The van der Waals surface area contributed by atoms with Crippen LogP contribution in [0.1, 0.15) is 26.2 Å². The van der Waals surface area contributed by atoms with Gasteiger partial charge in [-0.25, -0.2) is 0 Å². The Balaban J connectivity index is 2.09. The van der Waals surface area contributed by atoms with Crippen molar-refractivity contribution in [2.45, 2.75) is 38.3 Å². The topological polar surface area (TPSA) is 21.3 Å². The molecule has 0 aliphatic carbocycles. The summed E-state index contributed by atoms with van der Waals surface area (Å²) in [6.45, 7) is 3.00. The zero-order valence-electron chi connectivity index (χ0n) is 10.2. The molecular formula is C13H16Br2ClNO. The van der Waals surface area contributed by atoms with Gasteiger partial charge in [-0.05, 0) is 63.3 Å². The van der Waals surface area contributed by atoms with Gasteiger partial charge in [0.25, 0.3) is 0 Å². The third kappa shape index (κ3) is 3.62. The number of rotatable bonds is 3. The summed E-state index contributed by atoms with van der Waals surface area (Å²) in [5, 5.41) is 4.30. The van der Waals surface area contributed by atoms with Crippen LogP contribution in [0.4, 0.5) is 5.69 Å². The van der Waals surface area contributed by atoms with Crippen molar-refractivity contribution >= 4 is 49.1 Å². The zero-order chi connectivity index (χ0) is 13.1. The molecule has 0 spiro atoms. The van der Waals surface area contributed by atoms with E-state index in [2.05, 4.69) is 44.1 Å². The number of hydrogen-bond donors (Lipinski definition) is 1. The third-order valence-corrected chi connectivity index (χ3v) is 4.65. The fourth-order valence-electron chi connectivity index (χ4n) is 2.18. The smallest absolute Gasteiger partial charge is 0.0632 e. The fraction of sp³-hybridized carbons (Fsp3) is 0.538. The average Bonchev–Trinajstić information content (AvgIpc) is 2.34. The van der Waals surface area contributed by atoms with E-state index in [9.17, 15) is 0 Å². The first-order valence-corrected chi connectivity index (χ1v) is 8.09. The van der Waals surface area contributed by atoms with Crippen LogP contribution in [0.5, 0.6) is 0 Å². The number of nitrogens with one attached hydrogen (secondary N) is 1. The van der Waals surface area contributed by atoms with E-state index >= 15 is 0 Å². The van der Waals surface area contributed by atoms with E-state index in [0.717, 1.165) is 45.5 Å². The van der Waals surface area contributed by atoms with Gasteiger partial charge in [-0.2, -0.15) is 0 Å². The Morgan fingerprint density at radius 1 is 1.39 bits per heavy atom.